The molecule has 2 amide bonds. The minimum Gasteiger partial charge on any atom is -0.497 e. The van der Waals surface area contributed by atoms with Crippen LogP contribution in [0.2, 0.25) is 0 Å². The highest BCUT2D eigenvalue weighted by Crippen LogP contribution is 2.26. The molecule has 23 heavy (non-hydrogen) atoms. The number of carbonyl (C=O) groups is 2. The van der Waals surface area contributed by atoms with Gasteiger partial charge in [0, 0.05) is 11.3 Å². The summed E-state index contributed by atoms with van der Waals surface area (Å²) in [6.07, 6.45) is 0. The van der Waals surface area contributed by atoms with E-state index in [0.717, 1.165) is 0 Å². The molecule has 3 rings (SSSR count). The van der Waals surface area contributed by atoms with Crippen molar-refractivity contribution in [3.63, 3.8) is 0 Å². The molecule has 118 valence electrons. The summed E-state index contributed by atoms with van der Waals surface area (Å²) in [5.74, 6) is -0.454. The predicted molar refractivity (Wildman–Crippen MR) is 82.0 cm³/mol. The lowest BCUT2D eigenvalue weighted by Gasteiger charge is -2.07. The van der Waals surface area contributed by atoms with Crippen LogP contribution in [0.25, 0.3) is 0 Å². The maximum atomic E-state index is 12.2. The number of carbonyl (C=O) groups excluding carboxylic acids is 2. The van der Waals surface area contributed by atoms with E-state index in [2.05, 4.69) is 5.32 Å². The van der Waals surface area contributed by atoms with Crippen LogP contribution in [-0.4, -0.2) is 27.3 Å². The van der Waals surface area contributed by atoms with E-state index in [9.17, 15) is 18.0 Å². The Labute approximate surface area is 132 Å². The molecule has 7 nitrogen and oxygen atoms in total. The number of anilines is 1. The molecule has 0 bridgehead atoms. The van der Waals surface area contributed by atoms with Crippen molar-refractivity contribution in [2.75, 3.05) is 12.4 Å². The topological polar surface area (TPSA) is 102 Å². The number of ether oxygens (including phenoxy) is 1. The summed E-state index contributed by atoms with van der Waals surface area (Å²) in [6.45, 7) is 0. The van der Waals surface area contributed by atoms with E-state index in [1.807, 2.05) is 4.72 Å². The maximum Gasteiger partial charge on any atom is 0.266 e. The van der Waals surface area contributed by atoms with Crippen LogP contribution >= 0.6 is 0 Å². The second-order valence-corrected chi connectivity index (χ2v) is 6.48. The van der Waals surface area contributed by atoms with Gasteiger partial charge in [0.15, 0.2) is 0 Å². The molecule has 0 unspecified atom stereocenters. The first-order valence-electron chi connectivity index (χ1n) is 6.57. The quantitative estimate of drug-likeness (QED) is 0.884. The third kappa shape index (κ3) is 2.76. The monoisotopic (exact) mass is 332 g/mol. The van der Waals surface area contributed by atoms with Crippen LogP contribution in [-0.2, 0) is 10.0 Å². The van der Waals surface area contributed by atoms with Gasteiger partial charge in [-0.1, -0.05) is 0 Å². The van der Waals surface area contributed by atoms with E-state index < -0.39 is 21.8 Å². The van der Waals surface area contributed by atoms with Crippen molar-refractivity contribution in [1.82, 2.24) is 4.72 Å². The van der Waals surface area contributed by atoms with Crippen molar-refractivity contribution in [2.24, 2.45) is 0 Å². The third-order valence-corrected chi connectivity index (χ3v) is 4.72. The first-order valence-corrected chi connectivity index (χ1v) is 8.05. The van der Waals surface area contributed by atoms with Gasteiger partial charge in [-0.3, -0.25) is 9.59 Å². The van der Waals surface area contributed by atoms with Crippen LogP contribution < -0.4 is 14.8 Å². The fraction of sp³-hybridized carbons (Fsp3) is 0.0667. The smallest absolute Gasteiger partial charge is 0.266 e. The van der Waals surface area contributed by atoms with Gasteiger partial charge in [0.1, 0.15) is 10.6 Å². The van der Waals surface area contributed by atoms with Crippen LogP contribution in [0.5, 0.6) is 5.75 Å². The van der Waals surface area contributed by atoms with Crippen molar-refractivity contribution < 1.29 is 22.7 Å². The maximum absolute atomic E-state index is 12.2. The highest BCUT2D eigenvalue weighted by molar-refractivity contribution is 7.90. The van der Waals surface area contributed by atoms with Gasteiger partial charge in [0.2, 0.25) is 0 Å². The second kappa shape index (κ2) is 5.40. The minimum absolute atomic E-state index is 0.0625. The van der Waals surface area contributed by atoms with Gasteiger partial charge in [-0.15, -0.1) is 0 Å². The molecule has 0 aliphatic carbocycles. The molecule has 0 radical (unpaired) electrons. The van der Waals surface area contributed by atoms with Gasteiger partial charge in [-0.2, -0.15) is 0 Å². The second-order valence-electron chi connectivity index (χ2n) is 4.83. The van der Waals surface area contributed by atoms with Crippen LogP contribution in [0.3, 0.4) is 0 Å². The molecule has 0 saturated heterocycles. The number of nitrogens with one attached hydrogen (secondary N) is 2. The van der Waals surface area contributed by atoms with Crippen LogP contribution in [0, 0.1) is 0 Å². The van der Waals surface area contributed by atoms with Crippen molar-refractivity contribution in [3.8, 4) is 5.75 Å². The summed E-state index contributed by atoms with van der Waals surface area (Å²) < 4.78 is 30.5. The van der Waals surface area contributed by atoms with E-state index >= 15 is 0 Å². The standard InChI is InChI=1S/C15H12N2O5S/c1-22-11-5-2-9(3-6-11)14(18)16-10-4-7-12-13(8-10)23(20,21)17-15(12)19/h2-8H,1H3,(H,16,18)(H,17,19). The summed E-state index contributed by atoms with van der Waals surface area (Å²) in [7, 11) is -2.33. The number of amides is 2. The fourth-order valence-electron chi connectivity index (χ4n) is 2.19. The van der Waals surface area contributed by atoms with Crippen molar-refractivity contribution in [1.29, 1.82) is 0 Å². The highest BCUT2D eigenvalue weighted by Gasteiger charge is 2.32. The van der Waals surface area contributed by atoms with Crippen LogP contribution in [0.4, 0.5) is 5.69 Å². The number of hydrogen-bond acceptors (Lipinski definition) is 5. The first kappa shape index (κ1) is 15.0. The zero-order valence-electron chi connectivity index (χ0n) is 12.0. The van der Waals surface area contributed by atoms with Gasteiger partial charge < -0.3 is 10.1 Å². The van der Waals surface area contributed by atoms with Crippen molar-refractivity contribution in [2.45, 2.75) is 4.90 Å². The summed E-state index contributed by atoms with van der Waals surface area (Å²) in [4.78, 5) is 23.5. The van der Waals surface area contributed by atoms with Gasteiger partial charge >= 0.3 is 0 Å². The number of sulfonamides is 1. The Morgan fingerprint density at radius 1 is 1.13 bits per heavy atom. The summed E-state index contributed by atoms with van der Waals surface area (Å²) in [5, 5.41) is 2.59. The Kier molecular flexibility index (Phi) is 3.53. The Bertz CT molecular complexity index is 904. The Morgan fingerprint density at radius 2 is 1.83 bits per heavy atom. The summed E-state index contributed by atoms with van der Waals surface area (Å²) in [5.41, 5.74) is 0.737. The Hall–Kier alpha value is -2.87. The molecule has 0 aromatic heterocycles. The fourth-order valence-corrected chi connectivity index (χ4v) is 3.38. The average Bonchev–Trinajstić information content (AvgIpc) is 2.76. The number of methoxy groups -OCH3 is 1. The lowest BCUT2D eigenvalue weighted by Crippen LogP contribution is -2.20. The Morgan fingerprint density at radius 3 is 2.48 bits per heavy atom. The zero-order chi connectivity index (χ0) is 16.6. The van der Waals surface area contributed by atoms with Gasteiger partial charge in [-0.25, -0.2) is 13.1 Å². The van der Waals surface area contributed by atoms with Crippen molar-refractivity contribution >= 4 is 27.5 Å². The number of hydrogen-bond donors (Lipinski definition) is 2. The normalized spacial score (nSPS) is 14.7. The SMILES string of the molecule is COc1ccc(C(=O)Nc2ccc3c(c2)S(=O)(=O)NC3=O)cc1. The molecule has 0 fully saturated rings. The molecule has 2 N–H and O–H groups in total. The molecule has 1 aliphatic rings. The Balaban J connectivity index is 1.86. The van der Waals surface area contributed by atoms with E-state index in [1.165, 1.54) is 25.3 Å². The van der Waals surface area contributed by atoms with Gasteiger partial charge in [0.25, 0.3) is 21.8 Å². The molecule has 2 aromatic rings. The van der Waals surface area contributed by atoms with Crippen LogP contribution in [0.1, 0.15) is 20.7 Å². The van der Waals surface area contributed by atoms with Gasteiger partial charge in [0.05, 0.1) is 12.7 Å². The van der Waals surface area contributed by atoms with Crippen LogP contribution in [0.15, 0.2) is 47.4 Å². The molecule has 1 heterocycles. The third-order valence-electron chi connectivity index (χ3n) is 3.35. The van der Waals surface area contributed by atoms with Gasteiger partial charge in [-0.05, 0) is 42.5 Å². The molecule has 0 saturated carbocycles. The molecule has 2 aromatic carbocycles. The predicted octanol–water partition coefficient (Wildman–Crippen LogP) is 1.38. The molecule has 0 spiro atoms. The molecule has 1 aliphatic heterocycles. The number of fused-ring (bicyclic) bond motifs is 1. The minimum atomic E-state index is -3.85. The average molecular weight is 332 g/mol. The lowest BCUT2D eigenvalue weighted by atomic mass is 10.1. The summed E-state index contributed by atoms with van der Waals surface area (Å²) in [6, 6.07) is 10.5. The zero-order valence-corrected chi connectivity index (χ0v) is 12.8. The van der Waals surface area contributed by atoms with E-state index in [-0.39, 0.29) is 16.1 Å². The number of benzene rings is 2. The molecule has 8 heteroatoms. The molecular formula is C15H12N2O5S. The largest absolute Gasteiger partial charge is 0.497 e. The number of rotatable bonds is 3. The summed E-state index contributed by atoms with van der Waals surface area (Å²) >= 11 is 0. The first-order chi connectivity index (χ1) is 10.9. The van der Waals surface area contributed by atoms with E-state index in [1.54, 1.807) is 24.3 Å². The van der Waals surface area contributed by atoms with E-state index in [4.69, 9.17) is 4.74 Å². The van der Waals surface area contributed by atoms with E-state index in [0.29, 0.717) is 11.3 Å². The molecular weight excluding hydrogens is 320 g/mol. The lowest BCUT2D eigenvalue weighted by molar-refractivity contribution is 0.0983. The molecule has 0 atom stereocenters. The highest BCUT2D eigenvalue weighted by atomic mass is 32.2. The van der Waals surface area contributed by atoms with Crippen molar-refractivity contribution in [3.05, 3.63) is 53.6 Å².